The van der Waals surface area contributed by atoms with E-state index in [0.717, 1.165) is 43.8 Å². The van der Waals surface area contributed by atoms with Crippen LogP contribution >= 0.6 is 0 Å². The first-order chi connectivity index (χ1) is 10.8. The van der Waals surface area contributed by atoms with E-state index < -0.39 is 0 Å². The van der Waals surface area contributed by atoms with Crippen molar-refractivity contribution in [2.45, 2.75) is 32.6 Å². The summed E-state index contributed by atoms with van der Waals surface area (Å²) in [6, 6.07) is 8.53. The molecule has 0 unspecified atom stereocenters. The van der Waals surface area contributed by atoms with E-state index in [2.05, 4.69) is 36.1 Å². The Morgan fingerprint density at radius 1 is 1.14 bits per heavy atom. The Bertz CT molecular complexity index is 455. The largest absolute Gasteiger partial charge is 0.493 e. The maximum Gasteiger partial charge on any atom is 0.122 e. The molecule has 122 valence electrons. The van der Waals surface area contributed by atoms with Crippen LogP contribution in [0.3, 0.4) is 0 Å². The number of benzene rings is 1. The first kappa shape index (κ1) is 15.8. The van der Waals surface area contributed by atoms with E-state index in [-0.39, 0.29) is 0 Å². The Morgan fingerprint density at radius 3 is 2.77 bits per heavy atom. The molecule has 0 bridgehead atoms. The number of fused-ring (bicyclic) bond motifs is 1. The van der Waals surface area contributed by atoms with E-state index in [1.165, 1.54) is 44.5 Å². The fourth-order valence-corrected chi connectivity index (χ4v) is 3.70. The molecule has 2 aliphatic heterocycles. The molecule has 1 saturated heterocycles. The third-order valence-electron chi connectivity index (χ3n) is 5.05. The smallest absolute Gasteiger partial charge is 0.122 e. The van der Waals surface area contributed by atoms with Crippen molar-refractivity contribution in [1.82, 2.24) is 4.90 Å². The van der Waals surface area contributed by atoms with Crippen molar-refractivity contribution in [3.05, 3.63) is 29.8 Å². The summed E-state index contributed by atoms with van der Waals surface area (Å²) in [5, 5.41) is 0. The van der Waals surface area contributed by atoms with Gasteiger partial charge in [-0.1, -0.05) is 18.2 Å². The van der Waals surface area contributed by atoms with E-state index in [9.17, 15) is 0 Å². The third kappa shape index (κ3) is 4.23. The number of piperidine rings is 1. The lowest BCUT2D eigenvalue weighted by molar-refractivity contribution is 0.0689. The van der Waals surface area contributed by atoms with E-state index in [0.29, 0.717) is 0 Å². The maximum absolute atomic E-state index is 5.89. The minimum Gasteiger partial charge on any atom is -0.493 e. The highest BCUT2D eigenvalue weighted by Crippen LogP contribution is 2.28. The predicted molar refractivity (Wildman–Crippen MR) is 89.4 cm³/mol. The summed E-state index contributed by atoms with van der Waals surface area (Å²) in [5.74, 6) is 2.60. The lowest BCUT2D eigenvalue weighted by Crippen LogP contribution is -2.38. The van der Waals surface area contributed by atoms with Crippen LogP contribution < -0.4 is 4.74 Å². The summed E-state index contributed by atoms with van der Waals surface area (Å²) >= 11 is 0. The van der Waals surface area contributed by atoms with E-state index in [4.69, 9.17) is 9.47 Å². The van der Waals surface area contributed by atoms with Crippen molar-refractivity contribution >= 4 is 0 Å². The standard InChI is InChI=1S/C19H29NO2/c1-2-21-15-16-7-10-20(11-8-16)14-17-9-12-22-19-6-4-3-5-18(19)13-17/h3-6,16-17H,2,7-15H2,1H3/t17-/m0/s1. The molecule has 1 aromatic carbocycles. The van der Waals surface area contributed by atoms with Gasteiger partial charge in [-0.3, -0.25) is 0 Å². The van der Waals surface area contributed by atoms with Gasteiger partial charge in [-0.15, -0.1) is 0 Å². The topological polar surface area (TPSA) is 21.7 Å². The van der Waals surface area contributed by atoms with Gasteiger partial charge >= 0.3 is 0 Å². The molecular weight excluding hydrogens is 274 g/mol. The van der Waals surface area contributed by atoms with Gasteiger partial charge in [0.1, 0.15) is 5.75 Å². The van der Waals surface area contributed by atoms with Gasteiger partial charge in [0.15, 0.2) is 0 Å². The zero-order valence-electron chi connectivity index (χ0n) is 13.8. The van der Waals surface area contributed by atoms with Gasteiger partial charge in [0.25, 0.3) is 0 Å². The highest BCUT2D eigenvalue weighted by Gasteiger charge is 2.24. The SMILES string of the molecule is CCOCC1CCN(C[C@H]2CCOc3ccccc3C2)CC1. The molecule has 0 aromatic heterocycles. The van der Waals surface area contributed by atoms with Gasteiger partial charge < -0.3 is 14.4 Å². The van der Waals surface area contributed by atoms with Crippen LogP contribution in [0.1, 0.15) is 31.7 Å². The van der Waals surface area contributed by atoms with Crippen molar-refractivity contribution in [3.63, 3.8) is 0 Å². The molecule has 1 aromatic rings. The number of para-hydroxylation sites is 1. The normalized spacial score (nSPS) is 23.6. The summed E-state index contributed by atoms with van der Waals surface area (Å²) in [7, 11) is 0. The summed E-state index contributed by atoms with van der Waals surface area (Å²) in [4.78, 5) is 2.65. The predicted octanol–water partition coefficient (Wildman–Crippen LogP) is 3.38. The first-order valence-corrected chi connectivity index (χ1v) is 8.86. The van der Waals surface area contributed by atoms with Crippen LogP contribution in [0.5, 0.6) is 5.75 Å². The maximum atomic E-state index is 5.89. The van der Waals surface area contributed by atoms with E-state index >= 15 is 0 Å². The highest BCUT2D eigenvalue weighted by molar-refractivity contribution is 5.34. The summed E-state index contributed by atoms with van der Waals surface area (Å²) in [5.41, 5.74) is 1.39. The van der Waals surface area contributed by atoms with Crippen LogP contribution in [0, 0.1) is 11.8 Å². The van der Waals surface area contributed by atoms with Crippen molar-refractivity contribution in [3.8, 4) is 5.75 Å². The van der Waals surface area contributed by atoms with Crippen molar-refractivity contribution in [2.75, 3.05) is 39.5 Å². The average Bonchev–Trinajstić information content (AvgIpc) is 2.76. The Balaban J connectivity index is 1.48. The monoisotopic (exact) mass is 303 g/mol. The molecule has 0 saturated carbocycles. The number of ether oxygens (including phenoxy) is 2. The van der Waals surface area contributed by atoms with Crippen LogP contribution in [-0.2, 0) is 11.2 Å². The molecule has 22 heavy (non-hydrogen) atoms. The van der Waals surface area contributed by atoms with Gasteiger partial charge in [-0.05, 0) is 69.2 Å². The molecule has 0 aliphatic carbocycles. The average molecular weight is 303 g/mol. The fourth-order valence-electron chi connectivity index (χ4n) is 3.70. The molecule has 0 spiro atoms. The summed E-state index contributed by atoms with van der Waals surface area (Å²) in [6.45, 7) is 8.44. The Morgan fingerprint density at radius 2 is 1.95 bits per heavy atom. The van der Waals surface area contributed by atoms with Crippen molar-refractivity contribution in [1.29, 1.82) is 0 Å². The van der Waals surface area contributed by atoms with Crippen LogP contribution in [0.4, 0.5) is 0 Å². The number of hydrogen-bond donors (Lipinski definition) is 0. The molecule has 0 N–H and O–H groups in total. The van der Waals surface area contributed by atoms with Crippen LogP contribution in [0.2, 0.25) is 0 Å². The zero-order valence-corrected chi connectivity index (χ0v) is 13.8. The Hall–Kier alpha value is -1.06. The molecule has 0 amide bonds. The van der Waals surface area contributed by atoms with Crippen LogP contribution in [0.25, 0.3) is 0 Å². The molecule has 3 rings (SSSR count). The van der Waals surface area contributed by atoms with Gasteiger partial charge in [-0.25, -0.2) is 0 Å². The lowest BCUT2D eigenvalue weighted by Gasteiger charge is -2.34. The molecular formula is C19H29NO2. The molecule has 0 radical (unpaired) electrons. The number of hydrogen-bond acceptors (Lipinski definition) is 3. The summed E-state index contributed by atoms with van der Waals surface area (Å²) in [6.07, 6.45) is 4.92. The molecule has 2 aliphatic rings. The summed E-state index contributed by atoms with van der Waals surface area (Å²) < 4.78 is 11.5. The van der Waals surface area contributed by atoms with Crippen LogP contribution in [0.15, 0.2) is 24.3 Å². The first-order valence-electron chi connectivity index (χ1n) is 8.86. The number of likely N-dealkylation sites (tertiary alicyclic amines) is 1. The number of nitrogens with zero attached hydrogens (tertiary/aromatic N) is 1. The van der Waals surface area contributed by atoms with Gasteiger partial charge in [0.05, 0.1) is 6.61 Å². The quantitative estimate of drug-likeness (QED) is 0.832. The minimum absolute atomic E-state index is 0.729. The Labute approximate surface area is 134 Å². The third-order valence-corrected chi connectivity index (χ3v) is 5.05. The van der Waals surface area contributed by atoms with E-state index in [1.54, 1.807) is 0 Å². The number of rotatable bonds is 5. The van der Waals surface area contributed by atoms with Gasteiger partial charge in [0.2, 0.25) is 0 Å². The molecule has 1 fully saturated rings. The van der Waals surface area contributed by atoms with E-state index in [1.807, 2.05) is 0 Å². The molecule has 1 atom stereocenters. The van der Waals surface area contributed by atoms with Crippen molar-refractivity contribution in [2.24, 2.45) is 11.8 Å². The lowest BCUT2D eigenvalue weighted by atomic mass is 9.93. The molecule has 3 heteroatoms. The zero-order chi connectivity index (χ0) is 15.2. The van der Waals surface area contributed by atoms with Crippen LogP contribution in [-0.4, -0.2) is 44.4 Å². The fraction of sp³-hybridized carbons (Fsp3) is 0.684. The molecule has 2 heterocycles. The minimum atomic E-state index is 0.729. The van der Waals surface area contributed by atoms with Crippen molar-refractivity contribution < 1.29 is 9.47 Å². The van der Waals surface area contributed by atoms with Gasteiger partial charge in [0, 0.05) is 19.8 Å². The second-order valence-corrected chi connectivity index (χ2v) is 6.72. The second kappa shape index (κ2) is 7.98. The highest BCUT2D eigenvalue weighted by atomic mass is 16.5. The Kier molecular flexibility index (Phi) is 5.74. The van der Waals surface area contributed by atoms with Gasteiger partial charge in [-0.2, -0.15) is 0 Å². The molecule has 3 nitrogen and oxygen atoms in total. The second-order valence-electron chi connectivity index (χ2n) is 6.72.